The molecule has 1 aromatic heterocycles. The Morgan fingerprint density at radius 1 is 1.00 bits per heavy atom. The Bertz CT molecular complexity index is 1080. The molecule has 2 aromatic carbocycles. The van der Waals surface area contributed by atoms with Crippen molar-refractivity contribution in [1.82, 2.24) is 4.57 Å². The summed E-state index contributed by atoms with van der Waals surface area (Å²) in [5.74, 6) is 0. The van der Waals surface area contributed by atoms with Gasteiger partial charge in [0, 0.05) is 17.1 Å². The summed E-state index contributed by atoms with van der Waals surface area (Å²) in [7, 11) is 0. The lowest BCUT2D eigenvalue weighted by atomic mass is 10.0. The third kappa shape index (κ3) is 3.86. The molecular formula is C23H19F3N2. The van der Waals surface area contributed by atoms with E-state index in [1.807, 2.05) is 57.2 Å². The van der Waals surface area contributed by atoms with Crippen LogP contribution in [0.1, 0.15) is 33.6 Å². The maximum Gasteiger partial charge on any atom is 0.416 e. The Morgan fingerprint density at radius 2 is 1.68 bits per heavy atom. The molecule has 3 rings (SSSR count). The number of rotatable bonds is 3. The van der Waals surface area contributed by atoms with Crippen LogP contribution in [-0.4, -0.2) is 4.57 Å². The van der Waals surface area contributed by atoms with E-state index in [0.717, 1.165) is 40.3 Å². The highest BCUT2D eigenvalue weighted by molar-refractivity contribution is 5.90. The summed E-state index contributed by atoms with van der Waals surface area (Å²) in [6.07, 6.45) is -2.81. The summed E-state index contributed by atoms with van der Waals surface area (Å²) >= 11 is 0. The van der Waals surface area contributed by atoms with Gasteiger partial charge in [-0.2, -0.15) is 18.4 Å². The van der Waals surface area contributed by atoms with Gasteiger partial charge in [-0.3, -0.25) is 0 Å². The Hall–Kier alpha value is -3.26. The predicted octanol–water partition coefficient (Wildman–Crippen LogP) is 6.49. The largest absolute Gasteiger partial charge is 0.416 e. The monoisotopic (exact) mass is 380 g/mol. The second-order valence-electron chi connectivity index (χ2n) is 6.75. The maximum atomic E-state index is 13.0. The maximum absolute atomic E-state index is 13.0. The van der Waals surface area contributed by atoms with E-state index in [-0.39, 0.29) is 11.1 Å². The first-order valence-electron chi connectivity index (χ1n) is 8.76. The minimum Gasteiger partial charge on any atom is -0.318 e. The molecule has 0 atom stereocenters. The van der Waals surface area contributed by atoms with Crippen LogP contribution < -0.4 is 0 Å². The highest BCUT2D eigenvalue weighted by Gasteiger charge is 2.30. The van der Waals surface area contributed by atoms with Crippen LogP contribution in [0, 0.1) is 32.1 Å². The van der Waals surface area contributed by atoms with Gasteiger partial charge in [-0.25, -0.2) is 0 Å². The topological polar surface area (TPSA) is 28.7 Å². The van der Waals surface area contributed by atoms with Gasteiger partial charge in [0.1, 0.15) is 0 Å². The van der Waals surface area contributed by atoms with E-state index < -0.39 is 11.7 Å². The molecule has 0 radical (unpaired) electrons. The van der Waals surface area contributed by atoms with Crippen LogP contribution in [0.3, 0.4) is 0 Å². The predicted molar refractivity (Wildman–Crippen MR) is 105 cm³/mol. The number of benzene rings is 2. The zero-order valence-electron chi connectivity index (χ0n) is 15.8. The van der Waals surface area contributed by atoms with Gasteiger partial charge >= 0.3 is 6.18 Å². The van der Waals surface area contributed by atoms with E-state index in [9.17, 15) is 18.4 Å². The molecule has 2 nitrogen and oxygen atoms in total. The molecule has 5 heteroatoms. The Morgan fingerprint density at radius 3 is 2.29 bits per heavy atom. The first kappa shape index (κ1) is 19.5. The second kappa shape index (κ2) is 7.40. The normalized spacial score (nSPS) is 12.1. The van der Waals surface area contributed by atoms with Gasteiger partial charge in [0.15, 0.2) is 0 Å². The summed E-state index contributed by atoms with van der Waals surface area (Å²) in [5, 5.41) is 9.54. The third-order valence-corrected chi connectivity index (χ3v) is 4.68. The number of hydrogen-bond donors (Lipinski definition) is 0. The number of aromatic nitrogens is 1. The molecule has 0 N–H and O–H groups in total. The lowest BCUT2D eigenvalue weighted by Gasteiger charge is -2.10. The van der Waals surface area contributed by atoms with E-state index in [1.54, 1.807) is 6.08 Å². The zero-order valence-corrected chi connectivity index (χ0v) is 15.8. The first-order valence-corrected chi connectivity index (χ1v) is 8.76. The zero-order chi connectivity index (χ0) is 20.5. The van der Waals surface area contributed by atoms with Crippen LogP contribution in [0.25, 0.3) is 17.3 Å². The lowest BCUT2D eigenvalue weighted by molar-refractivity contribution is -0.137. The molecule has 142 valence electrons. The van der Waals surface area contributed by atoms with Crippen LogP contribution in [0.15, 0.2) is 54.6 Å². The van der Waals surface area contributed by atoms with Crippen molar-refractivity contribution in [2.24, 2.45) is 0 Å². The van der Waals surface area contributed by atoms with Gasteiger partial charge < -0.3 is 4.57 Å². The molecule has 0 saturated carbocycles. The molecule has 0 aliphatic rings. The standard InChI is InChI=1S/C23H19F3N2/c1-15-7-9-22(10-8-15)28-16(2)11-19(17(28)3)12-20(14-27)18-5-4-6-21(13-18)23(24,25)26/h4-13H,1-3H3/b20-12-. The van der Waals surface area contributed by atoms with Crippen molar-refractivity contribution in [3.8, 4) is 11.8 Å². The highest BCUT2D eigenvalue weighted by Crippen LogP contribution is 2.32. The molecule has 0 fully saturated rings. The van der Waals surface area contributed by atoms with Crippen LogP contribution in [0.2, 0.25) is 0 Å². The van der Waals surface area contributed by atoms with Crippen LogP contribution in [0.4, 0.5) is 13.2 Å². The van der Waals surface area contributed by atoms with Crippen molar-refractivity contribution < 1.29 is 13.2 Å². The van der Waals surface area contributed by atoms with Crippen molar-refractivity contribution >= 4 is 11.6 Å². The minimum atomic E-state index is -4.45. The molecule has 0 saturated heterocycles. The number of aryl methyl sites for hydroxylation is 2. The fourth-order valence-electron chi connectivity index (χ4n) is 3.22. The van der Waals surface area contributed by atoms with E-state index >= 15 is 0 Å². The van der Waals surface area contributed by atoms with Gasteiger partial charge in [-0.15, -0.1) is 0 Å². The molecule has 3 aromatic rings. The van der Waals surface area contributed by atoms with Gasteiger partial charge in [0.2, 0.25) is 0 Å². The lowest BCUT2D eigenvalue weighted by Crippen LogP contribution is -2.04. The summed E-state index contributed by atoms with van der Waals surface area (Å²) in [4.78, 5) is 0. The third-order valence-electron chi connectivity index (χ3n) is 4.68. The Balaban J connectivity index is 2.07. The number of allylic oxidation sites excluding steroid dienone is 1. The van der Waals surface area contributed by atoms with Crippen molar-refractivity contribution in [1.29, 1.82) is 5.26 Å². The number of alkyl halides is 3. The molecule has 0 unspecified atom stereocenters. The van der Waals surface area contributed by atoms with Gasteiger partial charge in [0.05, 0.1) is 17.2 Å². The van der Waals surface area contributed by atoms with Crippen molar-refractivity contribution in [2.45, 2.75) is 26.9 Å². The van der Waals surface area contributed by atoms with E-state index in [4.69, 9.17) is 0 Å². The van der Waals surface area contributed by atoms with Crippen molar-refractivity contribution in [2.75, 3.05) is 0 Å². The number of nitriles is 1. The molecule has 1 heterocycles. The SMILES string of the molecule is Cc1ccc(-n2c(C)cc(/C=C(/C#N)c3cccc(C(F)(F)F)c3)c2C)cc1. The average molecular weight is 380 g/mol. The first-order chi connectivity index (χ1) is 13.2. The number of nitrogens with zero attached hydrogens (tertiary/aromatic N) is 2. The van der Waals surface area contributed by atoms with Crippen LogP contribution in [-0.2, 0) is 6.18 Å². The summed E-state index contributed by atoms with van der Waals surface area (Å²) in [5.41, 5.74) is 4.52. The Kier molecular flexibility index (Phi) is 5.15. The summed E-state index contributed by atoms with van der Waals surface area (Å²) in [6.45, 7) is 5.90. The average Bonchev–Trinajstić information content (AvgIpc) is 2.93. The van der Waals surface area contributed by atoms with Gasteiger partial charge in [0.25, 0.3) is 0 Å². The van der Waals surface area contributed by atoms with Crippen molar-refractivity contribution in [3.63, 3.8) is 0 Å². The number of hydrogen-bond acceptors (Lipinski definition) is 1. The highest BCUT2D eigenvalue weighted by atomic mass is 19.4. The second-order valence-corrected chi connectivity index (χ2v) is 6.75. The molecule has 0 spiro atoms. The quantitative estimate of drug-likeness (QED) is 0.478. The van der Waals surface area contributed by atoms with E-state index in [2.05, 4.69) is 4.57 Å². The summed E-state index contributed by atoms with van der Waals surface area (Å²) in [6, 6.07) is 16.9. The fourth-order valence-corrected chi connectivity index (χ4v) is 3.22. The van der Waals surface area contributed by atoms with Crippen LogP contribution in [0.5, 0.6) is 0 Å². The molecule has 0 bridgehead atoms. The smallest absolute Gasteiger partial charge is 0.318 e. The Labute approximate surface area is 162 Å². The number of halogens is 3. The van der Waals surface area contributed by atoms with E-state index in [0.29, 0.717) is 0 Å². The molecule has 0 aliphatic heterocycles. The van der Waals surface area contributed by atoms with E-state index in [1.165, 1.54) is 12.1 Å². The summed E-state index contributed by atoms with van der Waals surface area (Å²) < 4.78 is 41.0. The molecule has 0 amide bonds. The molecule has 0 aliphatic carbocycles. The minimum absolute atomic E-state index is 0.190. The van der Waals surface area contributed by atoms with Gasteiger partial charge in [-0.05, 0) is 68.3 Å². The molecule has 28 heavy (non-hydrogen) atoms. The fraction of sp³-hybridized carbons (Fsp3) is 0.174. The van der Waals surface area contributed by atoms with Gasteiger partial charge in [-0.1, -0.05) is 29.8 Å². The van der Waals surface area contributed by atoms with Crippen LogP contribution >= 0.6 is 0 Å². The van der Waals surface area contributed by atoms with Crippen molar-refractivity contribution in [3.05, 3.63) is 88.2 Å². The molecular weight excluding hydrogens is 361 g/mol.